The first-order valence-corrected chi connectivity index (χ1v) is 11.7. The SMILES string of the molecule is Cc1ccc(S(=O)(=O)N(Cc2cccs2)[C@@H]2CCS(=O)(=O)C2)cc1. The second-order valence-corrected chi connectivity index (χ2v) is 11.2. The molecule has 0 unspecified atom stereocenters. The van der Waals surface area contributed by atoms with Crippen molar-refractivity contribution in [2.24, 2.45) is 0 Å². The third-order valence-corrected chi connectivity index (χ3v) is 8.66. The van der Waals surface area contributed by atoms with Crippen LogP contribution in [-0.4, -0.2) is 38.7 Å². The summed E-state index contributed by atoms with van der Waals surface area (Å²) in [5.41, 5.74) is 0.974. The minimum Gasteiger partial charge on any atom is -0.229 e. The first-order chi connectivity index (χ1) is 11.3. The molecule has 1 fully saturated rings. The third kappa shape index (κ3) is 3.72. The molecule has 2 aromatic rings. The number of sulfonamides is 1. The van der Waals surface area contributed by atoms with Gasteiger partial charge in [0.25, 0.3) is 0 Å². The van der Waals surface area contributed by atoms with Gasteiger partial charge in [-0.2, -0.15) is 4.31 Å². The molecule has 8 heteroatoms. The van der Waals surface area contributed by atoms with Gasteiger partial charge in [0.2, 0.25) is 10.0 Å². The number of nitrogens with zero attached hydrogens (tertiary/aromatic N) is 1. The highest BCUT2D eigenvalue weighted by Gasteiger charge is 2.38. The van der Waals surface area contributed by atoms with Gasteiger partial charge in [-0.05, 0) is 36.9 Å². The van der Waals surface area contributed by atoms with Gasteiger partial charge in [-0.25, -0.2) is 16.8 Å². The molecule has 2 heterocycles. The zero-order chi connectivity index (χ0) is 17.4. The maximum atomic E-state index is 13.1. The Labute approximate surface area is 146 Å². The van der Waals surface area contributed by atoms with E-state index in [2.05, 4.69) is 0 Å². The van der Waals surface area contributed by atoms with Crippen molar-refractivity contribution in [1.29, 1.82) is 0 Å². The molecule has 0 N–H and O–H groups in total. The third-order valence-electron chi connectivity index (χ3n) is 4.14. The first-order valence-electron chi connectivity index (χ1n) is 7.59. The summed E-state index contributed by atoms with van der Waals surface area (Å²) in [5.74, 6) is -0.0640. The van der Waals surface area contributed by atoms with Gasteiger partial charge in [0, 0.05) is 17.5 Å². The van der Waals surface area contributed by atoms with E-state index in [0.29, 0.717) is 6.42 Å². The fourth-order valence-electron chi connectivity index (χ4n) is 2.81. The molecule has 1 aromatic carbocycles. The van der Waals surface area contributed by atoms with Crippen molar-refractivity contribution < 1.29 is 16.8 Å². The number of aryl methyl sites for hydroxylation is 1. The second kappa shape index (κ2) is 6.59. The van der Waals surface area contributed by atoms with Crippen LogP contribution in [0.3, 0.4) is 0 Å². The van der Waals surface area contributed by atoms with Crippen LogP contribution in [0.1, 0.15) is 16.9 Å². The Morgan fingerprint density at radius 2 is 1.92 bits per heavy atom. The highest BCUT2D eigenvalue weighted by Crippen LogP contribution is 2.28. The van der Waals surface area contributed by atoms with E-state index in [-0.39, 0.29) is 22.9 Å². The number of hydrogen-bond donors (Lipinski definition) is 0. The van der Waals surface area contributed by atoms with E-state index < -0.39 is 25.9 Å². The van der Waals surface area contributed by atoms with Crippen LogP contribution < -0.4 is 0 Å². The Morgan fingerprint density at radius 3 is 2.46 bits per heavy atom. The smallest absolute Gasteiger partial charge is 0.229 e. The molecule has 1 aliphatic heterocycles. The number of thiophene rings is 1. The normalized spacial score (nSPS) is 20.5. The summed E-state index contributed by atoms with van der Waals surface area (Å²) in [7, 11) is -6.92. The van der Waals surface area contributed by atoms with Gasteiger partial charge < -0.3 is 0 Å². The van der Waals surface area contributed by atoms with Crippen LogP contribution in [-0.2, 0) is 26.4 Å². The zero-order valence-corrected chi connectivity index (χ0v) is 15.7. The molecule has 130 valence electrons. The van der Waals surface area contributed by atoms with Gasteiger partial charge >= 0.3 is 0 Å². The van der Waals surface area contributed by atoms with Gasteiger partial charge in [-0.3, -0.25) is 0 Å². The Kier molecular flexibility index (Phi) is 4.83. The van der Waals surface area contributed by atoms with E-state index in [1.54, 1.807) is 24.3 Å². The van der Waals surface area contributed by atoms with Gasteiger partial charge in [0.05, 0.1) is 16.4 Å². The topological polar surface area (TPSA) is 71.5 Å². The zero-order valence-electron chi connectivity index (χ0n) is 13.3. The lowest BCUT2D eigenvalue weighted by Crippen LogP contribution is -2.40. The number of hydrogen-bond acceptors (Lipinski definition) is 5. The average molecular weight is 386 g/mol. The van der Waals surface area contributed by atoms with Gasteiger partial charge in [0.1, 0.15) is 0 Å². The first kappa shape index (κ1) is 17.6. The summed E-state index contributed by atoms with van der Waals surface area (Å²) in [4.78, 5) is 1.10. The molecule has 0 saturated carbocycles. The monoisotopic (exact) mass is 385 g/mol. The predicted molar refractivity (Wildman–Crippen MR) is 95.3 cm³/mol. The quantitative estimate of drug-likeness (QED) is 0.792. The van der Waals surface area contributed by atoms with Crippen LogP contribution in [0.2, 0.25) is 0 Å². The van der Waals surface area contributed by atoms with Crippen molar-refractivity contribution in [2.45, 2.75) is 30.8 Å². The van der Waals surface area contributed by atoms with Crippen molar-refractivity contribution in [3.05, 3.63) is 52.2 Å². The van der Waals surface area contributed by atoms with E-state index in [1.807, 2.05) is 24.4 Å². The molecule has 0 amide bonds. The molecule has 1 aliphatic rings. The number of rotatable bonds is 5. The maximum absolute atomic E-state index is 13.1. The van der Waals surface area contributed by atoms with E-state index in [0.717, 1.165) is 10.4 Å². The van der Waals surface area contributed by atoms with Crippen molar-refractivity contribution in [2.75, 3.05) is 11.5 Å². The highest BCUT2D eigenvalue weighted by atomic mass is 32.2. The van der Waals surface area contributed by atoms with Crippen LogP contribution in [0.5, 0.6) is 0 Å². The Balaban J connectivity index is 1.98. The van der Waals surface area contributed by atoms with E-state index in [1.165, 1.54) is 15.6 Å². The molecule has 0 aliphatic carbocycles. The minimum atomic E-state index is -3.75. The van der Waals surface area contributed by atoms with E-state index >= 15 is 0 Å². The molecule has 0 bridgehead atoms. The summed E-state index contributed by atoms with van der Waals surface area (Å²) >= 11 is 1.47. The summed E-state index contributed by atoms with van der Waals surface area (Å²) in [6.45, 7) is 2.09. The van der Waals surface area contributed by atoms with Crippen molar-refractivity contribution in [3.63, 3.8) is 0 Å². The molecule has 1 aromatic heterocycles. The molecule has 24 heavy (non-hydrogen) atoms. The molecule has 5 nitrogen and oxygen atoms in total. The largest absolute Gasteiger partial charge is 0.243 e. The van der Waals surface area contributed by atoms with Crippen LogP contribution in [0.25, 0.3) is 0 Å². The van der Waals surface area contributed by atoms with Crippen molar-refractivity contribution in [3.8, 4) is 0 Å². The van der Waals surface area contributed by atoms with Crippen LogP contribution in [0, 0.1) is 6.92 Å². The van der Waals surface area contributed by atoms with Gasteiger partial charge in [-0.1, -0.05) is 23.8 Å². The summed E-state index contributed by atoms with van der Waals surface area (Å²) in [6, 6.07) is 9.88. The molecule has 1 saturated heterocycles. The van der Waals surface area contributed by atoms with Crippen LogP contribution >= 0.6 is 11.3 Å². The van der Waals surface area contributed by atoms with Crippen molar-refractivity contribution >= 4 is 31.2 Å². The average Bonchev–Trinajstić information content (AvgIpc) is 3.14. The molecule has 0 spiro atoms. The van der Waals surface area contributed by atoms with Gasteiger partial charge in [-0.15, -0.1) is 11.3 Å². The Morgan fingerprint density at radius 1 is 1.21 bits per heavy atom. The fourth-order valence-corrected chi connectivity index (χ4v) is 7.06. The second-order valence-electron chi connectivity index (χ2n) is 6.00. The summed E-state index contributed by atoms with van der Waals surface area (Å²) in [6.07, 6.45) is 0.346. The number of sulfone groups is 1. The van der Waals surface area contributed by atoms with Gasteiger partial charge in [0.15, 0.2) is 9.84 Å². The van der Waals surface area contributed by atoms with Crippen LogP contribution in [0.15, 0.2) is 46.7 Å². The van der Waals surface area contributed by atoms with Crippen molar-refractivity contribution in [1.82, 2.24) is 4.31 Å². The molecule has 1 atom stereocenters. The standard InChI is InChI=1S/C16H19NO4S3/c1-13-4-6-16(7-5-13)24(20,21)17(11-15-3-2-9-22-15)14-8-10-23(18,19)12-14/h2-7,9,14H,8,10-12H2,1H3/t14-/m1/s1. The molecule has 3 rings (SSSR count). The predicted octanol–water partition coefficient (Wildman–Crippen LogP) is 2.43. The lowest BCUT2D eigenvalue weighted by molar-refractivity contribution is 0.336. The lowest BCUT2D eigenvalue weighted by Gasteiger charge is -2.27. The maximum Gasteiger partial charge on any atom is 0.243 e. The minimum absolute atomic E-state index is 0.0437. The number of benzene rings is 1. The van der Waals surface area contributed by atoms with E-state index in [9.17, 15) is 16.8 Å². The lowest BCUT2D eigenvalue weighted by atomic mass is 10.2. The highest BCUT2D eigenvalue weighted by molar-refractivity contribution is 7.92. The van der Waals surface area contributed by atoms with Crippen LogP contribution in [0.4, 0.5) is 0 Å². The molecule has 0 radical (unpaired) electrons. The Bertz CT molecular complexity index is 901. The van der Waals surface area contributed by atoms with E-state index in [4.69, 9.17) is 0 Å². The fraction of sp³-hybridized carbons (Fsp3) is 0.375. The summed E-state index contributed by atoms with van der Waals surface area (Å²) in [5, 5.41) is 1.89. The molecular weight excluding hydrogens is 366 g/mol. The Hall–Kier alpha value is -1.22. The summed E-state index contributed by atoms with van der Waals surface area (Å²) < 4.78 is 51.2. The molecular formula is C16H19NO4S3.